The molecule has 2 fully saturated rings. The van der Waals surface area contributed by atoms with Crippen molar-refractivity contribution in [1.82, 2.24) is 20.0 Å². The molecule has 0 spiro atoms. The van der Waals surface area contributed by atoms with Crippen molar-refractivity contribution >= 4 is 23.8 Å². The average Bonchev–Trinajstić information content (AvgIpc) is 3.38. The molecular weight excluding hydrogens is 499 g/mol. The molecule has 0 aromatic heterocycles. The molecule has 2 saturated heterocycles. The van der Waals surface area contributed by atoms with Gasteiger partial charge in [0.05, 0.1) is 32.8 Å². The average molecular weight is 529 g/mol. The number of nitrogens with zero attached hydrogens (tertiary/aromatic N) is 3. The minimum absolute atomic E-state index is 0.0877. The molecule has 0 aliphatic carbocycles. The number of amides is 4. The highest BCUT2D eigenvalue weighted by atomic mass is 19.1. The van der Waals surface area contributed by atoms with Crippen LogP contribution in [0, 0.1) is 5.82 Å². The van der Waals surface area contributed by atoms with Crippen LogP contribution in [0.2, 0.25) is 0 Å². The minimum atomic E-state index is -1.33. The number of aliphatic carboxylic acids is 1. The van der Waals surface area contributed by atoms with Gasteiger partial charge in [-0.3, -0.25) is 19.3 Å². The minimum Gasteiger partial charge on any atom is -0.497 e. The Bertz CT molecular complexity index is 1190. The smallest absolute Gasteiger partial charge is 0.322 e. The van der Waals surface area contributed by atoms with Gasteiger partial charge in [-0.25, -0.2) is 9.18 Å². The van der Waals surface area contributed by atoms with Crippen LogP contribution in [0.1, 0.15) is 28.4 Å². The number of carboxylic acids is 1. The summed E-state index contributed by atoms with van der Waals surface area (Å²) >= 11 is 0. The first-order valence-electron chi connectivity index (χ1n) is 12.1. The molecule has 4 amide bonds. The van der Waals surface area contributed by atoms with Crippen molar-refractivity contribution in [3.8, 4) is 5.75 Å². The van der Waals surface area contributed by atoms with Crippen LogP contribution in [0.4, 0.5) is 9.18 Å². The van der Waals surface area contributed by atoms with Crippen LogP contribution in [0.25, 0.3) is 0 Å². The molecule has 2 heterocycles. The summed E-state index contributed by atoms with van der Waals surface area (Å²) in [5.74, 6) is -2.46. The van der Waals surface area contributed by atoms with Crippen LogP contribution in [-0.2, 0) is 14.3 Å². The van der Waals surface area contributed by atoms with E-state index < -0.39 is 48.3 Å². The van der Waals surface area contributed by atoms with E-state index in [0.29, 0.717) is 37.6 Å². The van der Waals surface area contributed by atoms with Gasteiger partial charge in [0.1, 0.15) is 11.6 Å². The van der Waals surface area contributed by atoms with Crippen molar-refractivity contribution in [2.24, 2.45) is 0 Å². The molecule has 38 heavy (non-hydrogen) atoms. The number of hydrogen-bond donors (Lipinski definition) is 2. The molecule has 0 saturated carbocycles. The zero-order chi connectivity index (χ0) is 27.2. The summed E-state index contributed by atoms with van der Waals surface area (Å²) < 4.78 is 24.0. The molecule has 2 aromatic rings. The highest BCUT2D eigenvalue weighted by Crippen LogP contribution is 2.25. The van der Waals surface area contributed by atoms with E-state index in [4.69, 9.17) is 9.47 Å². The number of rotatable bonds is 7. The Balaban J connectivity index is 1.64. The third kappa shape index (κ3) is 6.02. The zero-order valence-corrected chi connectivity index (χ0v) is 20.8. The lowest BCUT2D eigenvalue weighted by Crippen LogP contribution is -2.57. The monoisotopic (exact) mass is 528 g/mol. The second-order valence-electron chi connectivity index (χ2n) is 8.89. The molecule has 2 unspecified atom stereocenters. The molecule has 0 bridgehead atoms. The van der Waals surface area contributed by atoms with Crippen molar-refractivity contribution in [3.63, 3.8) is 0 Å². The summed E-state index contributed by atoms with van der Waals surface area (Å²) in [6.07, 6.45) is -1.81. The molecular formula is C26H29FN4O7. The van der Waals surface area contributed by atoms with Crippen LogP contribution in [0.15, 0.2) is 48.5 Å². The molecule has 4 rings (SSSR count). The number of carboxylic acid groups (broad SMARTS) is 1. The Morgan fingerprint density at radius 1 is 1.05 bits per heavy atom. The van der Waals surface area contributed by atoms with Crippen LogP contribution in [0.3, 0.4) is 0 Å². The SMILES string of the molecule is COc1cccc(C(=O)N2CCN(C(=O)N3CCOCC3)C2C(=O)NC(CC(=O)O)c2ccc(F)cc2)c1. The van der Waals surface area contributed by atoms with Crippen molar-refractivity contribution in [3.05, 3.63) is 65.5 Å². The number of benzene rings is 2. The topological polar surface area (TPSA) is 129 Å². The van der Waals surface area contributed by atoms with Gasteiger partial charge in [-0.2, -0.15) is 0 Å². The quantitative estimate of drug-likeness (QED) is 0.560. The second-order valence-corrected chi connectivity index (χ2v) is 8.89. The molecule has 2 atom stereocenters. The van der Waals surface area contributed by atoms with E-state index in [1.807, 2.05) is 0 Å². The van der Waals surface area contributed by atoms with E-state index >= 15 is 0 Å². The predicted octanol–water partition coefficient (Wildman–Crippen LogP) is 1.70. The van der Waals surface area contributed by atoms with Crippen LogP contribution < -0.4 is 10.1 Å². The van der Waals surface area contributed by atoms with Gasteiger partial charge in [0, 0.05) is 31.7 Å². The van der Waals surface area contributed by atoms with Gasteiger partial charge in [-0.1, -0.05) is 18.2 Å². The highest BCUT2D eigenvalue weighted by Gasteiger charge is 2.45. The van der Waals surface area contributed by atoms with E-state index in [2.05, 4.69) is 5.32 Å². The lowest BCUT2D eigenvalue weighted by Gasteiger charge is -2.35. The summed E-state index contributed by atoms with van der Waals surface area (Å²) in [6, 6.07) is 10.1. The van der Waals surface area contributed by atoms with E-state index in [1.165, 1.54) is 47.2 Å². The third-order valence-electron chi connectivity index (χ3n) is 6.48. The summed E-state index contributed by atoms with van der Waals surface area (Å²) in [7, 11) is 1.47. The van der Waals surface area contributed by atoms with Gasteiger partial charge in [0.25, 0.3) is 11.8 Å². The maximum atomic E-state index is 13.7. The summed E-state index contributed by atoms with van der Waals surface area (Å²) in [5, 5.41) is 12.1. The molecule has 2 N–H and O–H groups in total. The second kappa shape index (κ2) is 11.9. The molecule has 11 nitrogen and oxygen atoms in total. The molecule has 12 heteroatoms. The Labute approximate surface area is 218 Å². The predicted molar refractivity (Wildman–Crippen MR) is 132 cm³/mol. The van der Waals surface area contributed by atoms with Gasteiger partial charge in [0.15, 0.2) is 6.17 Å². The first kappa shape index (κ1) is 26.9. The Morgan fingerprint density at radius 3 is 2.39 bits per heavy atom. The summed E-state index contributed by atoms with van der Waals surface area (Å²) in [5.41, 5.74) is 0.639. The summed E-state index contributed by atoms with van der Waals surface area (Å²) in [4.78, 5) is 56.4. The van der Waals surface area contributed by atoms with Gasteiger partial charge >= 0.3 is 12.0 Å². The Morgan fingerprint density at radius 2 is 1.74 bits per heavy atom. The fraction of sp³-hybridized carbons (Fsp3) is 0.385. The van der Waals surface area contributed by atoms with Crippen molar-refractivity contribution in [2.75, 3.05) is 46.5 Å². The van der Waals surface area contributed by atoms with Gasteiger partial charge in [-0.05, 0) is 35.9 Å². The maximum absolute atomic E-state index is 13.7. The summed E-state index contributed by atoms with van der Waals surface area (Å²) in [6.45, 7) is 1.58. The molecule has 2 aromatic carbocycles. The fourth-order valence-electron chi connectivity index (χ4n) is 4.55. The maximum Gasteiger partial charge on any atom is 0.322 e. The highest BCUT2D eigenvalue weighted by molar-refractivity contribution is 5.99. The van der Waals surface area contributed by atoms with E-state index in [9.17, 15) is 28.7 Å². The normalized spacial score (nSPS) is 18.2. The number of morpholine rings is 1. The number of nitrogens with one attached hydrogen (secondary N) is 1. The fourth-order valence-corrected chi connectivity index (χ4v) is 4.55. The number of methoxy groups -OCH3 is 1. The molecule has 202 valence electrons. The number of carbonyl (C=O) groups is 4. The first-order valence-corrected chi connectivity index (χ1v) is 12.1. The van der Waals surface area contributed by atoms with Crippen molar-refractivity contribution in [2.45, 2.75) is 18.6 Å². The molecule has 0 radical (unpaired) electrons. The molecule has 2 aliphatic rings. The molecule has 2 aliphatic heterocycles. The Kier molecular flexibility index (Phi) is 8.41. The lowest BCUT2D eigenvalue weighted by atomic mass is 10.0. The number of hydrogen-bond acceptors (Lipinski definition) is 6. The van der Waals surface area contributed by atoms with Crippen LogP contribution in [0.5, 0.6) is 5.75 Å². The van der Waals surface area contributed by atoms with Crippen molar-refractivity contribution < 1.29 is 38.1 Å². The van der Waals surface area contributed by atoms with Crippen LogP contribution >= 0.6 is 0 Å². The number of carbonyl (C=O) groups excluding carboxylic acids is 3. The number of urea groups is 1. The van der Waals surface area contributed by atoms with Crippen LogP contribution in [-0.4, -0.2) is 96.3 Å². The standard InChI is InChI=1S/C26H29FN4O7/c1-37-20-4-2-3-18(15-20)25(35)30-9-10-31(26(36)29-11-13-38-14-12-29)24(30)23(34)28-21(16-22(32)33)17-5-7-19(27)8-6-17/h2-8,15,21,24H,9-14,16H2,1H3,(H,28,34)(H,32,33). The lowest BCUT2D eigenvalue weighted by molar-refractivity contribution is -0.138. The van der Waals surface area contributed by atoms with Gasteiger partial charge < -0.3 is 29.7 Å². The Hall–Kier alpha value is -4.19. The largest absolute Gasteiger partial charge is 0.497 e. The van der Waals surface area contributed by atoms with Gasteiger partial charge in [0.2, 0.25) is 0 Å². The van der Waals surface area contributed by atoms with E-state index in [0.717, 1.165) is 0 Å². The van der Waals surface area contributed by atoms with Gasteiger partial charge in [-0.15, -0.1) is 0 Å². The number of halogens is 1. The third-order valence-corrected chi connectivity index (χ3v) is 6.48. The number of ether oxygens (including phenoxy) is 2. The van der Waals surface area contributed by atoms with E-state index in [1.54, 1.807) is 23.1 Å². The van der Waals surface area contributed by atoms with E-state index in [-0.39, 0.29) is 18.7 Å². The first-order chi connectivity index (χ1) is 18.3. The zero-order valence-electron chi connectivity index (χ0n) is 20.8. The van der Waals surface area contributed by atoms with Crippen molar-refractivity contribution in [1.29, 1.82) is 0 Å².